The van der Waals surface area contributed by atoms with Crippen molar-refractivity contribution in [3.63, 3.8) is 0 Å². The molecule has 0 amide bonds. The molecule has 0 aliphatic heterocycles. The van der Waals surface area contributed by atoms with Crippen molar-refractivity contribution < 1.29 is 9.53 Å². The Morgan fingerprint density at radius 2 is 1.94 bits per heavy atom. The van der Waals surface area contributed by atoms with Crippen molar-refractivity contribution in [2.45, 2.75) is 13.8 Å². The molecule has 0 spiro atoms. The Hall–Kier alpha value is -1.35. The largest absolute Gasteiger partial charge is 0.383 e. The first-order valence-corrected chi connectivity index (χ1v) is 5.52. The van der Waals surface area contributed by atoms with Crippen LogP contribution in [0.25, 0.3) is 0 Å². The van der Waals surface area contributed by atoms with Crippen molar-refractivity contribution in [3.05, 3.63) is 29.8 Å². The summed E-state index contributed by atoms with van der Waals surface area (Å²) in [4.78, 5) is 11.7. The molecule has 0 saturated carbocycles. The van der Waals surface area contributed by atoms with Crippen LogP contribution in [0.5, 0.6) is 0 Å². The second-order valence-electron chi connectivity index (χ2n) is 4.02. The highest BCUT2D eigenvalue weighted by atomic mass is 16.5. The van der Waals surface area contributed by atoms with E-state index in [4.69, 9.17) is 4.74 Å². The number of rotatable bonds is 6. The molecule has 3 nitrogen and oxygen atoms in total. The fourth-order valence-electron chi connectivity index (χ4n) is 1.38. The number of carbonyl (C=O) groups is 1. The van der Waals surface area contributed by atoms with Crippen LogP contribution in [0.3, 0.4) is 0 Å². The number of ketones is 1. The molecule has 0 heterocycles. The van der Waals surface area contributed by atoms with Gasteiger partial charge in [-0.25, -0.2) is 0 Å². The van der Waals surface area contributed by atoms with E-state index < -0.39 is 0 Å². The van der Waals surface area contributed by atoms with Gasteiger partial charge in [-0.2, -0.15) is 0 Å². The lowest BCUT2D eigenvalue weighted by Crippen LogP contribution is -2.09. The second-order valence-corrected chi connectivity index (χ2v) is 4.02. The van der Waals surface area contributed by atoms with Gasteiger partial charge in [0, 0.05) is 30.8 Å². The van der Waals surface area contributed by atoms with Gasteiger partial charge in [-0.05, 0) is 24.3 Å². The van der Waals surface area contributed by atoms with Gasteiger partial charge in [0.2, 0.25) is 0 Å². The predicted octanol–water partition coefficient (Wildman–Crippen LogP) is 2.58. The van der Waals surface area contributed by atoms with E-state index in [2.05, 4.69) is 5.32 Å². The van der Waals surface area contributed by atoms with Gasteiger partial charge in [-0.15, -0.1) is 0 Å². The fraction of sp³-hybridized carbons (Fsp3) is 0.462. The normalized spacial score (nSPS) is 10.5. The maximum atomic E-state index is 11.7. The van der Waals surface area contributed by atoms with Crippen LogP contribution in [0.2, 0.25) is 0 Å². The van der Waals surface area contributed by atoms with Crippen molar-refractivity contribution in [2.75, 3.05) is 25.6 Å². The van der Waals surface area contributed by atoms with Crippen LogP contribution in [0.1, 0.15) is 24.2 Å². The summed E-state index contributed by atoms with van der Waals surface area (Å²) < 4.78 is 4.94. The molecule has 0 aliphatic carbocycles. The Bertz CT molecular complexity index is 330. The number of hydrogen-bond acceptors (Lipinski definition) is 3. The van der Waals surface area contributed by atoms with E-state index in [0.717, 1.165) is 17.8 Å². The molecule has 0 aromatic heterocycles. The molecule has 1 aromatic rings. The van der Waals surface area contributed by atoms with Crippen LogP contribution in [0.4, 0.5) is 5.69 Å². The number of nitrogens with one attached hydrogen (secondary N) is 1. The summed E-state index contributed by atoms with van der Waals surface area (Å²) in [5.41, 5.74) is 1.78. The number of hydrogen-bond donors (Lipinski definition) is 1. The van der Waals surface area contributed by atoms with Crippen LogP contribution in [0.15, 0.2) is 24.3 Å². The molecule has 1 rings (SSSR count). The van der Waals surface area contributed by atoms with Crippen LogP contribution >= 0.6 is 0 Å². The van der Waals surface area contributed by atoms with Gasteiger partial charge in [0.25, 0.3) is 0 Å². The van der Waals surface area contributed by atoms with Gasteiger partial charge in [-0.3, -0.25) is 4.79 Å². The van der Waals surface area contributed by atoms with Crippen LogP contribution in [-0.4, -0.2) is 26.0 Å². The molecular formula is C13H19NO2. The summed E-state index contributed by atoms with van der Waals surface area (Å²) in [6, 6.07) is 7.56. The number of methoxy groups -OCH3 is 1. The molecule has 0 bridgehead atoms. The third-order valence-electron chi connectivity index (χ3n) is 2.33. The zero-order chi connectivity index (χ0) is 12.0. The molecular weight excluding hydrogens is 202 g/mol. The van der Waals surface area contributed by atoms with E-state index in [1.54, 1.807) is 7.11 Å². The standard InChI is InChI=1S/C13H19NO2/c1-10(2)13(15)11-4-6-12(7-5-11)14-8-9-16-3/h4-7,10,14H,8-9H2,1-3H3. The zero-order valence-corrected chi connectivity index (χ0v) is 10.1. The Morgan fingerprint density at radius 3 is 2.44 bits per heavy atom. The average molecular weight is 221 g/mol. The molecule has 0 aliphatic rings. The summed E-state index contributed by atoms with van der Waals surface area (Å²) in [6.07, 6.45) is 0. The molecule has 3 heteroatoms. The van der Waals surface area contributed by atoms with Gasteiger partial charge >= 0.3 is 0 Å². The molecule has 0 saturated heterocycles. The molecule has 16 heavy (non-hydrogen) atoms. The average Bonchev–Trinajstić information content (AvgIpc) is 2.29. The number of carbonyl (C=O) groups excluding carboxylic acids is 1. The van der Waals surface area contributed by atoms with Crippen LogP contribution < -0.4 is 5.32 Å². The summed E-state index contributed by atoms with van der Waals surface area (Å²) in [5.74, 6) is 0.232. The third kappa shape index (κ3) is 3.66. The van der Waals surface area contributed by atoms with Gasteiger partial charge in [-0.1, -0.05) is 13.8 Å². The Kier molecular flexibility index (Phi) is 4.99. The molecule has 0 unspecified atom stereocenters. The molecule has 1 N–H and O–H groups in total. The Balaban J connectivity index is 2.57. The topological polar surface area (TPSA) is 38.3 Å². The minimum atomic E-state index is 0.0484. The fourth-order valence-corrected chi connectivity index (χ4v) is 1.38. The van der Waals surface area contributed by atoms with E-state index >= 15 is 0 Å². The van der Waals surface area contributed by atoms with Gasteiger partial charge in [0.1, 0.15) is 0 Å². The lowest BCUT2D eigenvalue weighted by atomic mass is 10.0. The Morgan fingerprint density at radius 1 is 1.31 bits per heavy atom. The second kappa shape index (κ2) is 6.28. The summed E-state index contributed by atoms with van der Waals surface area (Å²) in [7, 11) is 1.67. The molecule has 1 aromatic carbocycles. The van der Waals surface area contributed by atoms with E-state index in [-0.39, 0.29) is 11.7 Å². The molecule has 0 fully saturated rings. The summed E-state index contributed by atoms with van der Waals surface area (Å²) in [5, 5.41) is 3.20. The summed E-state index contributed by atoms with van der Waals surface area (Å²) >= 11 is 0. The van der Waals surface area contributed by atoms with Crippen molar-refractivity contribution in [1.29, 1.82) is 0 Å². The maximum Gasteiger partial charge on any atom is 0.165 e. The zero-order valence-electron chi connectivity index (χ0n) is 10.1. The van der Waals surface area contributed by atoms with Crippen molar-refractivity contribution in [3.8, 4) is 0 Å². The molecule has 88 valence electrons. The number of benzene rings is 1. The van der Waals surface area contributed by atoms with Gasteiger partial charge in [0.05, 0.1) is 6.61 Å². The highest BCUT2D eigenvalue weighted by Crippen LogP contribution is 2.12. The highest BCUT2D eigenvalue weighted by Gasteiger charge is 2.09. The predicted molar refractivity (Wildman–Crippen MR) is 66.0 cm³/mol. The van der Waals surface area contributed by atoms with Crippen LogP contribution in [0, 0.1) is 5.92 Å². The first-order chi connectivity index (χ1) is 7.65. The lowest BCUT2D eigenvalue weighted by molar-refractivity contribution is 0.0939. The van der Waals surface area contributed by atoms with E-state index in [1.807, 2.05) is 38.1 Å². The van der Waals surface area contributed by atoms with Crippen LogP contribution in [-0.2, 0) is 4.74 Å². The first-order valence-electron chi connectivity index (χ1n) is 5.52. The minimum absolute atomic E-state index is 0.0484. The SMILES string of the molecule is COCCNc1ccc(C(=O)C(C)C)cc1. The maximum absolute atomic E-state index is 11.7. The van der Waals surface area contributed by atoms with Crippen molar-refractivity contribution in [2.24, 2.45) is 5.92 Å². The summed E-state index contributed by atoms with van der Waals surface area (Å²) in [6.45, 7) is 5.26. The molecule has 0 atom stereocenters. The number of anilines is 1. The number of ether oxygens (including phenoxy) is 1. The monoisotopic (exact) mass is 221 g/mol. The van der Waals surface area contributed by atoms with E-state index in [0.29, 0.717) is 6.61 Å². The first kappa shape index (κ1) is 12.7. The number of Topliss-reactive ketones (excluding diaryl/α,β-unsaturated/α-hetero) is 1. The van der Waals surface area contributed by atoms with Gasteiger partial charge < -0.3 is 10.1 Å². The third-order valence-corrected chi connectivity index (χ3v) is 2.33. The smallest absolute Gasteiger partial charge is 0.165 e. The lowest BCUT2D eigenvalue weighted by Gasteiger charge is -2.07. The minimum Gasteiger partial charge on any atom is -0.383 e. The van der Waals surface area contributed by atoms with E-state index in [1.165, 1.54) is 0 Å². The van der Waals surface area contributed by atoms with Gasteiger partial charge in [0.15, 0.2) is 5.78 Å². The highest BCUT2D eigenvalue weighted by molar-refractivity contribution is 5.97. The van der Waals surface area contributed by atoms with Crippen molar-refractivity contribution >= 4 is 11.5 Å². The van der Waals surface area contributed by atoms with E-state index in [9.17, 15) is 4.79 Å². The quantitative estimate of drug-likeness (QED) is 0.592. The molecule has 0 radical (unpaired) electrons. The Labute approximate surface area is 96.8 Å². The van der Waals surface area contributed by atoms with Crippen molar-refractivity contribution in [1.82, 2.24) is 0 Å².